The smallest absolute Gasteiger partial charge is 0.151 e. The van der Waals surface area contributed by atoms with Crippen LogP contribution in [-0.4, -0.2) is 6.29 Å². The first-order valence-corrected chi connectivity index (χ1v) is 6.18. The molecule has 0 amide bonds. The molecule has 0 saturated heterocycles. The number of carbonyl (C=O) groups is 1. The van der Waals surface area contributed by atoms with Gasteiger partial charge in [-0.15, -0.1) is 22.9 Å². The van der Waals surface area contributed by atoms with Gasteiger partial charge in [0.25, 0.3) is 0 Å². The minimum absolute atomic E-state index is 0.412. The molecule has 1 aromatic carbocycles. The van der Waals surface area contributed by atoms with Crippen molar-refractivity contribution in [1.29, 1.82) is 0 Å². The molecule has 0 unspecified atom stereocenters. The van der Waals surface area contributed by atoms with Crippen molar-refractivity contribution in [2.24, 2.45) is 0 Å². The van der Waals surface area contributed by atoms with Crippen molar-refractivity contribution < 1.29 is 4.79 Å². The van der Waals surface area contributed by atoms with Gasteiger partial charge < -0.3 is 0 Å². The van der Waals surface area contributed by atoms with Crippen LogP contribution in [0.2, 0.25) is 0 Å². The largest absolute Gasteiger partial charge is 0.298 e. The Bertz CT molecular complexity index is 492. The maximum absolute atomic E-state index is 10.8. The van der Waals surface area contributed by atoms with Crippen molar-refractivity contribution in [2.45, 2.75) is 5.88 Å². The molecule has 0 N–H and O–H groups in total. The molecule has 0 spiro atoms. The van der Waals surface area contributed by atoms with Crippen LogP contribution in [0.3, 0.4) is 0 Å². The number of carbonyl (C=O) groups excluding carboxylic acids is 1. The molecule has 0 fully saturated rings. The van der Waals surface area contributed by atoms with Crippen LogP contribution in [0.4, 0.5) is 0 Å². The summed E-state index contributed by atoms with van der Waals surface area (Å²) in [5.41, 5.74) is 1.66. The fourth-order valence-electron chi connectivity index (χ4n) is 1.40. The summed E-state index contributed by atoms with van der Waals surface area (Å²) in [6, 6.07) is 3.91. The van der Waals surface area contributed by atoms with Crippen LogP contribution >= 0.6 is 38.9 Å². The molecule has 0 bridgehead atoms. The number of aldehydes is 1. The van der Waals surface area contributed by atoms with Crippen LogP contribution in [0.25, 0.3) is 10.1 Å². The first-order valence-electron chi connectivity index (χ1n) is 3.97. The van der Waals surface area contributed by atoms with Gasteiger partial charge in [-0.1, -0.05) is 0 Å². The number of halogens is 2. The molecule has 1 aromatic heterocycles. The van der Waals surface area contributed by atoms with E-state index in [4.69, 9.17) is 11.6 Å². The normalized spacial score (nSPS) is 10.7. The Labute approximate surface area is 98.8 Å². The summed E-state index contributed by atoms with van der Waals surface area (Å²) in [5.74, 6) is 0.412. The van der Waals surface area contributed by atoms with Crippen molar-refractivity contribution in [3.63, 3.8) is 0 Å². The van der Waals surface area contributed by atoms with E-state index >= 15 is 0 Å². The number of hydrogen-bond acceptors (Lipinski definition) is 2. The molecule has 2 aromatic rings. The molecule has 0 aliphatic rings. The molecule has 14 heavy (non-hydrogen) atoms. The van der Waals surface area contributed by atoms with Crippen molar-refractivity contribution >= 4 is 55.2 Å². The van der Waals surface area contributed by atoms with Gasteiger partial charge in [0, 0.05) is 20.6 Å². The molecule has 72 valence electrons. The fourth-order valence-corrected chi connectivity index (χ4v) is 3.26. The van der Waals surface area contributed by atoms with E-state index in [0.29, 0.717) is 11.4 Å². The zero-order chi connectivity index (χ0) is 10.1. The van der Waals surface area contributed by atoms with E-state index in [0.717, 1.165) is 26.4 Å². The molecular formula is C10H6BrClOS. The molecule has 0 aliphatic heterocycles. The summed E-state index contributed by atoms with van der Waals surface area (Å²) in [5, 5.41) is 3.13. The van der Waals surface area contributed by atoms with Gasteiger partial charge in [-0.2, -0.15) is 0 Å². The van der Waals surface area contributed by atoms with Crippen molar-refractivity contribution in [1.82, 2.24) is 0 Å². The lowest BCUT2D eigenvalue weighted by molar-refractivity contribution is 0.112. The zero-order valence-electron chi connectivity index (χ0n) is 7.09. The number of fused-ring (bicyclic) bond motifs is 1. The first kappa shape index (κ1) is 10.1. The Morgan fingerprint density at radius 2 is 2.36 bits per heavy atom. The molecule has 1 nitrogen and oxygen atoms in total. The summed E-state index contributed by atoms with van der Waals surface area (Å²) >= 11 is 10.9. The molecule has 0 atom stereocenters. The van der Waals surface area contributed by atoms with Gasteiger partial charge in [0.2, 0.25) is 0 Å². The highest BCUT2D eigenvalue weighted by Gasteiger charge is 2.10. The zero-order valence-corrected chi connectivity index (χ0v) is 10.2. The Kier molecular flexibility index (Phi) is 2.91. The van der Waals surface area contributed by atoms with Gasteiger partial charge in [-0.25, -0.2) is 0 Å². The highest BCUT2D eigenvalue weighted by molar-refractivity contribution is 9.10. The van der Waals surface area contributed by atoms with Gasteiger partial charge in [-0.05, 0) is 44.4 Å². The Morgan fingerprint density at radius 3 is 3.00 bits per heavy atom. The predicted molar refractivity (Wildman–Crippen MR) is 64.5 cm³/mol. The van der Waals surface area contributed by atoms with Crippen LogP contribution in [0.1, 0.15) is 15.9 Å². The van der Waals surface area contributed by atoms with E-state index < -0.39 is 0 Å². The monoisotopic (exact) mass is 288 g/mol. The van der Waals surface area contributed by atoms with E-state index in [9.17, 15) is 4.79 Å². The lowest BCUT2D eigenvalue weighted by Gasteiger charge is -2.04. The van der Waals surface area contributed by atoms with Crippen LogP contribution < -0.4 is 0 Å². The van der Waals surface area contributed by atoms with Crippen LogP contribution in [0, 0.1) is 0 Å². The molecular weight excluding hydrogens is 284 g/mol. The maximum atomic E-state index is 10.8. The number of rotatable bonds is 2. The second kappa shape index (κ2) is 4.01. The average Bonchev–Trinajstić information content (AvgIpc) is 2.64. The van der Waals surface area contributed by atoms with Gasteiger partial charge in [0.05, 0.1) is 0 Å². The molecule has 2 rings (SSSR count). The number of thiophene rings is 1. The SMILES string of the molecule is O=Cc1cc2sccc2c(CCl)c1Br. The minimum atomic E-state index is 0.412. The second-order valence-electron chi connectivity index (χ2n) is 2.84. The van der Waals surface area contributed by atoms with Crippen LogP contribution in [0.15, 0.2) is 22.0 Å². The average molecular weight is 290 g/mol. The summed E-state index contributed by atoms with van der Waals surface area (Å²) in [6.45, 7) is 0. The summed E-state index contributed by atoms with van der Waals surface area (Å²) in [7, 11) is 0. The molecule has 1 heterocycles. The van der Waals surface area contributed by atoms with E-state index in [2.05, 4.69) is 15.9 Å². The highest BCUT2D eigenvalue weighted by Crippen LogP contribution is 2.33. The quantitative estimate of drug-likeness (QED) is 0.598. The van der Waals surface area contributed by atoms with Crippen molar-refractivity contribution in [3.05, 3.63) is 33.1 Å². The molecule has 0 saturated carbocycles. The van der Waals surface area contributed by atoms with E-state index in [1.165, 1.54) is 0 Å². The third-order valence-corrected chi connectivity index (χ3v) is 4.15. The second-order valence-corrected chi connectivity index (χ2v) is 4.85. The van der Waals surface area contributed by atoms with Crippen LogP contribution in [-0.2, 0) is 5.88 Å². The molecule has 0 aliphatic carbocycles. The number of hydrogen-bond donors (Lipinski definition) is 0. The lowest BCUT2D eigenvalue weighted by atomic mass is 10.1. The molecule has 0 radical (unpaired) electrons. The maximum Gasteiger partial charge on any atom is 0.151 e. The number of benzene rings is 1. The predicted octanol–water partition coefficient (Wildman–Crippen LogP) is 4.22. The van der Waals surface area contributed by atoms with E-state index in [1.54, 1.807) is 11.3 Å². The lowest BCUT2D eigenvalue weighted by Crippen LogP contribution is -1.89. The van der Waals surface area contributed by atoms with Gasteiger partial charge in [-0.3, -0.25) is 4.79 Å². The summed E-state index contributed by atoms with van der Waals surface area (Å²) < 4.78 is 1.92. The highest BCUT2D eigenvalue weighted by atomic mass is 79.9. The van der Waals surface area contributed by atoms with Crippen LogP contribution in [0.5, 0.6) is 0 Å². The number of alkyl halides is 1. The standard InChI is InChI=1S/C10H6BrClOS/c11-10-6(5-13)3-9-7(1-2-14-9)8(10)4-12/h1-3,5H,4H2. The van der Waals surface area contributed by atoms with Gasteiger partial charge in [0.1, 0.15) is 0 Å². The van der Waals surface area contributed by atoms with Crippen molar-refractivity contribution in [3.8, 4) is 0 Å². The van der Waals surface area contributed by atoms with E-state index in [1.807, 2.05) is 17.5 Å². The van der Waals surface area contributed by atoms with Gasteiger partial charge in [0.15, 0.2) is 6.29 Å². The van der Waals surface area contributed by atoms with E-state index in [-0.39, 0.29) is 0 Å². The Hall–Kier alpha value is -0.380. The fraction of sp³-hybridized carbons (Fsp3) is 0.100. The minimum Gasteiger partial charge on any atom is -0.298 e. The molecule has 4 heteroatoms. The topological polar surface area (TPSA) is 17.1 Å². The Morgan fingerprint density at radius 1 is 1.57 bits per heavy atom. The Balaban J connectivity index is 2.87. The van der Waals surface area contributed by atoms with Gasteiger partial charge >= 0.3 is 0 Å². The third kappa shape index (κ3) is 1.49. The third-order valence-electron chi connectivity index (χ3n) is 2.09. The summed E-state index contributed by atoms with van der Waals surface area (Å²) in [6.07, 6.45) is 0.847. The first-order chi connectivity index (χ1) is 6.77. The summed E-state index contributed by atoms with van der Waals surface area (Å²) in [4.78, 5) is 10.8. The van der Waals surface area contributed by atoms with Crippen molar-refractivity contribution in [2.75, 3.05) is 0 Å².